The van der Waals surface area contributed by atoms with Crippen LogP contribution < -0.4 is 0 Å². The third-order valence-corrected chi connectivity index (χ3v) is 3.72. The van der Waals surface area contributed by atoms with Gasteiger partial charge in [0, 0.05) is 5.56 Å². The first-order chi connectivity index (χ1) is 7.69. The lowest BCUT2D eigenvalue weighted by Crippen LogP contribution is -2.46. The summed E-state index contributed by atoms with van der Waals surface area (Å²) in [6.07, 6.45) is 1.92. The molecule has 0 N–H and O–H groups in total. The van der Waals surface area contributed by atoms with Gasteiger partial charge in [0.2, 0.25) is 0 Å². The second-order valence-electron chi connectivity index (χ2n) is 4.40. The Morgan fingerprint density at radius 2 is 1.75 bits per heavy atom. The molecule has 1 nitrogen and oxygen atoms in total. The number of hydrogen-bond acceptors (Lipinski definition) is 0. The van der Waals surface area contributed by atoms with Gasteiger partial charge in [0.1, 0.15) is 6.54 Å². The van der Waals surface area contributed by atoms with E-state index in [1.54, 1.807) is 0 Å². The lowest BCUT2D eigenvalue weighted by atomic mass is 10.1. The molecule has 1 rings (SSSR count). The van der Waals surface area contributed by atoms with Crippen molar-refractivity contribution in [2.24, 2.45) is 0 Å². The normalized spacial score (nSPS) is 11.4. The highest BCUT2D eigenvalue weighted by atomic mass is 15.3. The SMILES string of the molecule is C=Cc1cccc(C[N+](CC)(CC)CC)c1. The van der Waals surface area contributed by atoms with Crippen LogP contribution in [0.3, 0.4) is 0 Å². The quantitative estimate of drug-likeness (QED) is 0.639. The van der Waals surface area contributed by atoms with E-state index >= 15 is 0 Å². The van der Waals surface area contributed by atoms with Gasteiger partial charge in [-0.25, -0.2) is 0 Å². The highest BCUT2D eigenvalue weighted by molar-refractivity contribution is 5.47. The van der Waals surface area contributed by atoms with Crippen LogP contribution in [0, 0.1) is 0 Å². The summed E-state index contributed by atoms with van der Waals surface area (Å²) in [6, 6.07) is 8.71. The fourth-order valence-corrected chi connectivity index (χ4v) is 2.21. The molecule has 0 unspecified atom stereocenters. The fraction of sp³-hybridized carbons (Fsp3) is 0.467. The van der Waals surface area contributed by atoms with E-state index in [1.165, 1.54) is 35.2 Å². The molecule has 0 radical (unpaired) electrons. The molecule has 0 saturated heterocycles. The largest absolute Gasteiger partial charge is 0.321 e. The highest BCUT2D eigenvalue weighted by Crippen LogP contribution is 2.15. The molecule has 16 heavy (non-hydrogen) atoms. The molecular formula is C15H24N+. The Bertz CT molecular complexity index is 329. The Balaban J connectivity index is 2.88. The van der Waals surface area contributed by atoms with E-state index in [0.717, 1.165) is 6.54 Å². The van der Waals surface area contributed by atoms with Crippen molar-refractivity contribution in [2.45, 2.75) is 27.3 Å². The van der Waals surface area contributed by atoms with Crippen molar-refractivity contribution in [1.29, 1.82) is 0 Å². The highest BCUT2D eigenvalue weighted by Gasteiger charge is 2.20. The molecule has 0 fully saturated rings. The lowest BCUT2D eigenvalue weighted by Gasteiger charge is -2.36. The summed E-state index contributed by atoms with van der Waals surface area (Å²) >= 11 is 0. The van der Waals surface area contributed by atoms with Gasteiger partial charge in [-0.1, -0.05) is 30.9 Å². The zero-order chi connectivity index (χ0) is 12.0. The Labute approximate surface area is 100.0 Å². The van der Waals surface area contributed by atoms with Crippen LogP contribution in [0.1, 0.15) is 31.9 Å². The monoisotopic (exact) mass is 218 g/mol. The zero-order valence-electron chi connectivity index (χ0n) is 10.9. The molecule has 0 aliphatic rings. The van der Waals surface area contributed by atoms with Gasteiger partial charge in [0.25, 0.3) is 0 Å². The number of nitrogens with zero attached hydrogens (tertiary/aromatic N) is 1. The van der Waals surface area contributed by atoms with Crippen molar-refractivity contribution < 1.29 is 4.48 Å². The number of quaternary nitrogens is 1. The summed E-state index contributed by atoms with van der Waals surface area (Å²) in [5.41, 5.74) is 2.64. The van der Waals surface area contributed by atoms with Gasteiger partial charge in [-0.05, 0) is 32.4 Å². The van der Waals surface area contributed by atoms with E-state index in [4.69, 9.17) is 0 Å². The summed E-state index contributed by atoms with van der Waals surface area (Å²) in [6.45, 7) is 15.4. The predicted molar refractivity (Wildman–Crippen MR) is 72.1 cm³/mol. The van der Waals surface area contributed by atoms with Crippen LogP contribution >= 0.6 is 0 Å². The van der Waals surface area contributed by atoms with Crippen LogP contribution in [0.15, 0.2) is 30.8 Å². The van der Waals surface area contributed by atoms with Crippen molar-refractivity contribution in [3.63, 3.8) is 0 Å². The molecule has 0 aliphatic carbocycles. The molecular weight excluding hydrogens is 194 g/mol. The maximum absolute atomic E-state index is 3.82. The number of rotatable bonds is 6. The minimum absolute atomic E-state index is 1.13. The van der Waals surface area contributed by atoms with Crippen molar-refractivity contribution in [3.05, 3.63) is 42.0 Å². The summed E-state index contributed by atoms with van der Waals surface area (Å²) in [5, 5.41) is 0. The zero-order valence-corrected chi connectivity index (χ0v) is 10.9. The average molecular weight is 218 g/mol. The minimum atomic E-state index is 1.13. The van der Waals surface area contributed by atoms with Gasteiger partial charge < -0.3 is 4.48 Å². The summed E-state index contributed by atoms with van der Waals surface area (Å²) < 4.78 is 1.17. The second-order valence-corrected chi connectivity index (χ2v) is 4.40. The van der Waals surface area contributed by atoms with Gasteiger partial charge >= 0.3 is 0 Å². The van der Waals surface area contributed by atoms with Crippen molar-refractivity contribution >= 4 is 6.08 Å². The second kappa shape index (κ2) is 5.86. The molecule has 0 heterocycles. The summed E-state index contributed by atoms with van der Waals surface area (Å²) in [4.78, 5) is 0. The first-order valence-electron chi connectivity index (χ1n) is 6.26. The first kappa shape index (κ1) is 13.0. The molecule has 0 bridgehead atoms. The van der Waals surface area contributed by atoms with Crippen molar-refractivity contribution in [2.75, 3.05) is 19.6 Å². The molecule has 0 aliphatic heterocycles. The molecule has 1 aromatic carbocycles. The molecule has 0 saturated carbocycles. The van der Waals surface area contributed by atoms with Crippen molar-refractivity contribution in [1.82, 2.24) is 0 Å². The van der Waals surface area contributed by atoms with Gasteiger partial charge in [0.15, 0.2) is 0 Å². The van der Waals surface area contributed by atoms with Crippen LogP contribution in [-0.2, 0) is 6.54 Å². The Kier molecular flexibility index (Phi) is 4.75. The van der Waals surface area contributed by atoms with E-state index in [-0.39, 0.29) is 0 Å². The minimum Gasteiger partial charge on any atom is -0.321 e. The maximum Gasteiger partial charge on any atom is 0.104 e. The van der Waals surface area contributed by atoms with Gasteiger partial charge in [0.05, 0.1) is 19.6 Å². The molecule has 0 atom stereocenters. The van der Waals surface area contributed by atoms with Gasteiger partial charge in [-0.2, -0.15) is 0 Å². The molecule has 1 heteroatoms. The van der Waals surface area contributed by atoms with E-state index < -0.39 is 0 Å². The summed E-state index contributed by atoms with van der Waals surface area (Å²) in [5.74, 6) is 0. The molecule has 1 aromatic rings. The Morgan fingerprint density at radius 1 is 1.12 bits per heavy atom. The standard InChI is InChI=1S/C15H24N/c1-5-14-10-9-11-15(12-14)13-16(6-2,7-3)8-4/h5,9-12H,1,6-8,13H2,2-4H3/q+1. The molecule has 0 amide bonds. The molecule has 88 valence electrons. The maximum atomic E-state index is 3.82. The van der Waals surface area contributed by atoms with E-state index in [0.29, 0.717) is 0 Å². The third kappa shape index (κ3) is 2.96. The van der Waals surface area contributed by atoms with E-state index in [9.17, 15) is 0 Å². The van der Waals surface area contributed by atoms with Gasteiger partial charge in [-0.15, -0.1) is 0 Å². The van der Waals surface area contributed by atoms with Crippen LogP contribution in [0.5, 0.6) is 0 Å². The van der Waals surface area contributed by atoms with Crippen LogP contribution in [0.2, 0.25) is 0 Å². The number of benzene rings is 1. The van der Waals surface area contributed by atoms with Crippen LogP contribution in [0.25, 0.3) is 6.08 Å². The van der Waals surface area contributed by atoms with Crippen LogP contribution in [-0.4, -0.2) is 24.1 Å². The van der Waals surface area contributed by atoms with E-state index in [1.807, 2.05) is 6.08 Å². The molecule has 0 spiro atoms. The Morgan fingerprint density at radius 3 is 2.25 bits per heavy atom. The predicted octanol–water partition coefficient (Wildman–Crippen LogP) is 3.71. The van der Waals surface area contributed by atoms with Crippen LogP contribution in [0.4, 0.5) is 0 Å². The fourth-order valence-electron chi connectivity index (χ4n) is 2.21. The topological polar surface area (TPSA) is 0 Å². The smallest absolute Gasteiger partial charge is 0.104 e. The van der Waals surface area contributed by atoms with E-state index in [2.05, 4.69) is 51.6 Å². The Hall–Kier alpha value is -1.08. The van der Waals surface area contributed by atoms with Crippen molar-refractivity contribution in [3.8, 4) is 0 Å². The third-order valence-electron chi connectivity index (χ3n) is 3.72. The number of hydrogen-bond donors (Lipinski definition) is 0. The average Bonchev–Trinajstić information content (AvgIpc) is 2.36. The molecule has 0 aromatic heterocycles. The first-order valence-corrected chi connectivity index (χ1v) is 6.26. The lowest BCUT2D eigenvalue weighted by molar-refractivity contribution is -0.936. The van der Waals surface area contributed by atoms with Gasteiger partial charge in [-0.3, -0.25) is 0 Å². The summed E-state index contributed by atoms with van der Waals surface area (Å²) in [7, 11) is 0.